The van der Waals surface area contributed by atoms with Crippen LogP contribution in [0.15, 0.2) is 18.3 Å². The normalized spacial score (nSPS) is 10.5. The number of fused-ring (bicyclic) bond motifs is 1. The second-order valence-electron chi connectivity index (χ2n) is 2.96. The number of carbonyl (C=O) groups is 1. The van der Waals surface area contributed by atoms with Gasteiger partial charge in [-0.3, -0.25) is 4.79 Å². The van der Waals surface area contributed by atoms with Crippen molar-refractivity contribution in [3.8, 4) is 0 Å². The highest BCUT2D eigenvalue weighted by molar-refractivity contribution is 6.33. The molecule has 0 unspecified atom stereocenters. The van der Waals surface area contributed by atoms with Gasteiger partial charge >= 0.3 is 0 Å². The Morgan fingerprint density at radius 1 is 1.47 bits per heavy atom. The van der Waals surface area contributed by atoms with Crippen LogP contribution in [0.4, 0.5) is 5.82 Å². The number of halogens is 1. The number of rotatable bonds is 1. The topological polar surface area (TPSA) is 94.9 Å². The van der Waals surface area contributed by atoms with E-state index in [-0.39, 0.29) is 16.5 Å². The SMILES string of the molecule is NC(=O)c1cc2ccnc(Cl)c2nc1N. The van der Waals surface area contributed by atoms with Gasteiger partial charge < -0.3 is 11.5 Å². The molecule has 0 fully saturated rings. The van der Waals surface area contributed by atoms with Gasteiger partial charge in [0.1, 0.15) is 11.3 Å². The third-order valence-corrected chi connectivity index (χ3v) is 2.26. The quantitative estimate of drug-likeness (QED) is 0.703. The van der Waals surface area contributed by atoms with Crippen molar-refractivity contribution in [2.75, 3.05) is 5.73 Å². The van der Waals surface area contributed by atoms with Gasteiger partial charge in [0.2, 0.25) is 0 Å². The zero-order chi connectivity index (χ0) is 11.0. The first kappa shape index (κ1) is 9.67. The summed E-state index contributed by atoms with van der Waals surface area (Å²) in [4.78, 5) is 18.8. The molecule has 0 aromatic carbocycles. The van der Waals surface area contributed by atoms with Crippen LogP contribution < -0.4 is 11.5 Å². The maximum absolute atomic E-state index is 11.0. The average Bonchev–Trinajstić information content (AvgIpc) is 2.18. The Morgan fingerprint density at radius 3 is 2.87 bits per heavy atom. The lowest BCUT2D eigenvalue weighted by atomic mass is 10.2. The molecule has 6 heteroatoms. The molecule has 2 heterocycles. The molecule has 0 aliphatic rings. The highest BCUT2D eigenvalue weighted by atomic mass is 35.5. The van der Waals surface area contributed by atoms with Crippen molar-refractivity contribution < 1.29 is 4.79 Å². The Hall–Kier alpha value is -1.88. The van der Waals surface area contributed by atoms with Crippen molar-refractivity contribution >= 4 is 34.2 Å². The van der Waals surface area contributed by atoms with Gasteiger partial charge in [-0.1, -0.05) is 11.6 Å². The number of hydrogen-bond donors (Lipinski definition) is 2. The van der Waals surface area contributed by atoms with Gasteiger partial charge in [-0.05, 0) is 12.1 Å². The van der Waals surface area contributed by atoms with Crippen LogP contribution in [0.3, 0.4) is 0 Å². The molecule has 0 aliphatic carbocycles. The minimum atomic E-state index is -0.616. The van der Waals surface area contributed by atoms with Crippen LogP contribution in [0.2, 0.25) is 5.15 Å². The molecule has 2 aromatic heterocycles. The van der Waals surface area contributed by atoms with Crippen molar-refractivity contribution in [1.29, 1.82) is 0 Å². The standard InChI is InChI=1S/C9H7ClN4O/c10-7-6-4(1-2-13-7)3-5(9(12)15)8(11)14-6/h1-3H,(H2,11,14)(H2,12,15). The Kier molecular flexibility index (Phi) is 2.17. The van der Waals surface area contributed by atoms with Crippen LogP contribution in [-0.2, 0) is 0 Å². The van der Waals surface area contributed by atoms with E-state index in [2.05, 4.69) is 9.97 Å². The monoisotopic (exact) mass is 222 g/mol. The predicted molar refractivity (Wildman–Crippen MR) is 57.5 cm³/mol. The minimum Gasteiger partial charge on any atom is -0.383 e. The number of amides is 1. The Morgan fingerprint density at radius 2 is 2.20 bits per heavy atom. The summed E-state index contributed by atoms with van der Waals surface area (Å²) in [5.74, 6) is -0.556. The Labute approximate surface area is 90.1 Å². The highest BCUT2D eigenvalue weighted by Gasteiger charge is 2.10. The van der Waals surface area contributed by atoms with Crippen LogP contribution in [-0.4, -0.2) is 15.9 Å². The maximum Gasteiger partial charge on any atom is 0.252 e. The molecule has 0 saturated heterocycles. The van der Waals surface area contributed by atoms with Crippen LogP contribution in [0.1, 0.15) is 10.4 Å². The highest BCUT2D eigenvalue weighted by Crippen LogP contribution is 2.22. The molecular formula is C9H7ClN4O. The van der Waals surface area contributed by atoms with E-state index in [1.807, 2.05) is 0 Å². The van der Waals surface area contributed by atoms with E-state index in [1.165, 1.54) is 6.20 Å². The lowest BCUT2D eigenvalue weighted by Gasteiger charge is -2.04. The molecule has 4 N–H and O–H groups in total. The van der Waals surface area contributed by atoms with E-state index < -0.39 is 5.91 Å². The first-order valence-electron chi connectivity index (χ1n) is 4.10. The van der Waals surface area contributed by atoms with Crippen molar-refractivity contribution in [2.24, 2.45) is 5.73 Å². The number of anilines is 1. The molecule has 0 aliphatic heterocycles. The van der Waals surface area contributed by atoms with Crippen LogP contribution >= 0.6 is 11.6 Å². The van der Waals surface area contributed by atoms with Crippen LogP contribution in [0.5, 0.6) is 0 Å². The van der Waals surface area contributed by atoms with Gasteiger partial charge in [0.15, 0.2) is 5.15 Å². The van der Waals surface area contributed by atoms with E-state index >= 15 is 0 Å². The third-order valence-electron chi connectivity index (χ3n) is 1.98. The van der Waals surface area contributed by atoms with Crippen molar-refractivity contribution in [3.05, 3.63) is 29.0 Å². The third kappa shape index (κ3) is 1.57. The largest absolute Gasteiger partial charge is 0.383 e. The van der Waals surface area contributed by atoms with Gasteiger partial charge in [-0.25, -0.2) is 9.97 Å². The summed E-state index contributed by atoms with van der Waals surface area (Å²) >= 11 is 5.82. The number of nitrogen functional groups attached to an aromatic ring is 1. The summed E-state index contributed by atoms with van der Waals surface area (Å²) in [5.41, 5.74) is 11.3. The van der Waals surface area contributed by atoms with Crippen molar-refractivity contribution in [3.63, 3.8) is 0 Å². The van der Waals surface area contributed by atoms with E-state index in [4.69, 9.17) is 23.1 Å². The summed E-state index contributed by atoms with van der Waals surface area (Å²) in [6.07, 6.45) is 1.52. The zero-order valence-electron chi connectivity index (χ0n) is 7.57. The first-order chi connectivity index (χ1) is 7.09. The number of hydrogen-bond acceptors (Lipinski definition) is 4. The van der Waals surface area contributed by atoms with Crippen molar-refractivity contribution in [1.82, 2.24) is 9.97 Å². The lowest BCUT2D eigenvalue weighted by Crippen LogP contribution is -2.14. The molecule has 15 heavy (non-hydrogen) atoms. The van der Waals surface area contributed by atoms with E-state index in [1.54, 1.807) is 12.1 Å². The van der Waals surface area contributed by atoms with Gasteiger partial charge in [0.05, 0.1) is 5.56 Å². The number of pyridine rings is 2. The molecule has 5 nitrogen and oxygen atoms in total. The Balaban J connectivity index is 2.82. The fourth-order valence-electron chi connectivity index (χ4n) is 1.28. The molecule has 0 bridgehead atoms. The molecule has 2 rings (SSSR count). The van der Waals surface area contributed by atoms with E-state index in [0.717, 1.165) is 0 Å². The molecular weight excluding hydrogens is 216 g/mol. The lowest BCUT2D eigenvalue weighted by molar-refractivity contribution is 0.100. The second kappa shape index (κ2) is 3.36. The number of primary amides is 1. The fraction of sp³-hybridized carbons (Fsp3) is 0. The summed E-state index contributed by atoms with van der Waals surface area (Å²) in [5, 5.41) is 0.924. The fourth-order valence-corrected chi connectivity index (χ4v) is 1.48. The smallest absolute Gasteiger partial charge is 0.252 e. The van der Waals surface area contributed by atoms with Gasteiger partial charge in [-0.15, -0.1) is 0 Å². The first-order valence-corrected chi connectivity index (χ1v) is 4.48. The second-order valence-corrected chi connectivity index (χ2v) is 3.32. The summed E-state index contributed by atoms with van der Waals surface area (Å²) < 4.78 is 0. The molecule has 76 valence electrons. The minimum absolute atomic E-state index is 0.0601. The van der Waals surface area contributed by atoms with E-state index in [9.17, 15) is 4.79 Å². The van der Waals surface area contributed by atoms with Crippen molar-refractivity contribution in [2.45, 2.75) is 0 Å². The van der Waals surface area contributed by atoms with Crippen LogP contribution in [0, 0.1) is 0 Å². The Bertz CT molecular complexity index is 555. The number of nitrogens with two attached hydrogens (primary N) is 2. The van der Waals surface area contributed by atoms with Crippen LogP contribution in [0.25, 0.3) is 10.9 Å². The summed E-state index contributed by atoms with van der Waals surface area (Å²) in [6, 6.07) is 3.23. The molecule has 0 radical (unpaired) electrons. The molecule has 2 aromatic rings. The van der Waals surface area contributed by atoms with Gasteiger partial charge in [0.25, 0.3) is 5.91 Å². The van der Waals surface area contributed by atoms with E-state index in [0.29, 0.717) is 10.9 Å². The predicted octanol–water partition coefficient (Wildman–Crippen LogP) is 0.964. The van der Waals surface area contributed by atoms with Gasteiger partial charge in [0, 0.05) is 11.6 Å². The number of carbonyl (C=O) groups excluding carboxylic acids is 1. The summed E-state index contributed by atoms with van der Waals surface area (Å²) in [7, 11) is 0. The molecule has 0 atom stereocenters. The number of aromatic nitrogens is 2. The maximum atomic E-state index is 11.0. The summed E-state index contributed by atoms with van der Waals surface area (Å²) in [6.45, 7) is 0. The molecule has 1 amide bonds. The number of nitrogens with zero attached hydrogens (tertiary/aromatic N) is 2. The van der Waals surface area contributed by atoms with Gasteiger partial charge in [-0.2, -0.15) is 0 Å². The zero-order valence-corrected chi connectivity index (χ0v) is 8.32. The molecule has 0 spiro atoms. The molecule has 0 saturated carbocycles. The average molecular weight is 223 g/mol.